The zero-order valence-corrected chi connectivity index (χ0v) is 11.1. The first-order valence-electron chi connectivity index (χ1n) is 6.45. The van der Waals surface area contributed by atoms with Gasteiger partial charge in [-0.2, -0.15) is 0 Å². The highest BCUT2D eigenvalue weighted by atomic mass is 15.2. The first kappa shape index (κ1) is 12.5. The molecule has 2 heterocycles. The van der Waals surface area contributed by atoms with E-state index in [1.807, 2.05) is 18.5 Å². The SMILES string of the molecule is CC1CNC(C)(C)CN1CCc1cccnc1. The lowest BCUT2D eigenvalue weighted by Gasteiger charge is -2.43. The fourth-order valence-electron chi connectivity index (χ4n) is 2.39. The molecular formula is C14H23N3. The van der Waals surface area contributed by atoms with Gasteiger partial charge in [0.25, 0.3) is 0 Å². The topological polar surface area (TPSA) is 28.2 Å². The van der Waals surface area contributed by atoms with Gasteiger partial charge in [-0.25, -0.2) is 0 Å². The Hall–Kier alpha value is -0.930. The van der Waals surface area contributed by atoms with Crippen molar-refractivity contribution in [2.45, 2.75) is 38.8 Å². The van der Waals surface area contributed by atoms with Crippen LogP contribution < -0.4 is 5.32 Å². The van der Waals surface area contributed by atoms with Crippen molar-refractivity contribution in [2.75, 3.05) is 19.6 Å². The van der Waals surface area contributed by atoms with Crippen LogP contribution in [0.1, 0.15) is 26.3 Å². The largest absolute Gasteiger partial charge is 0.309 e. The monoisotopic (exact) mass is 233 g/mol. The molecule has 1 N–H and O–H groups in total. The average Bonchev–Trinajstić information content (AvgIpc) is 2.32. The van der Waals surface area contributed by atoms with Crippen molar-refractivity contribution in [2.24, 2.45) is 0 Å². The van der Waals surface area contributed by atoms with Gasteiger partial charge in [-0.3, -0.25) is 9.88 Å². The van der Waals surface area contributed by atoms with Gasteiger partial charge in [0.2, 0.25) is 0 Å². The molecule has 0 bridgehead atoms. The summed E-state index contributed by atoms with van der Waals surface area (Å²) in [5.74, 6) is 0. The Morgan fingerprint density at radius 3 is 3.06 bits per heavy atom. The lowest BCUT2D eigenvalue weighted by Crippen LogP contribution is -2.60. The number of piperazine rings is 1. The van der Waals surface area contributed by atoms with E-state index in [1.54, 1.807) is 0 Å². The second-order valence-electron chi connectivity index (χ2n) is 5.70. The van der Waals surface area contributed by atoms with E-state index in [9.17, 15) is 0 Å². The minimum absolute atomic E-state index is 0.238. The Bertz CT molecular complexity index is 348. The maximum absolute atomic E-state index is 4.17. The molecular weight excluding hydrogens is 210 g/mol. The summed E-state index contributed by atoms with van der Waals surface area (Å²) in [6.07, 6.45) is 4.90. The van der Waals surface area contributed by atoms with Gasteiger partial charge in [-0.05, 0) is 38.8 Å². The van der Waals surface area contributed by atoms with Gasteiger partial charge < -0.3 is 5.32 Å². The van der Waals surface area contributed by atoms with Gasteiger partial charge in [0.1, 0.15) is 0 Å². The number of nitrogens with zero attached hydrogens (tertiary/aromatic N) is 2. The van der Waals surface area contributed by atoms with Crippen molar-refractivity contribution in [1.29, 1.82) is 0 Å². The molecule has 94 valence electrons. The van der Waals surface area contributed by atoms with Crippen LogP contribution in [0.15, 0.2) is 24.5 Å². The zero-order chi connectivity index (χ0) is 12.3. The van der Waals surface area contributed by atoms with Gasteiger partial charge in [0.05, 0.1) is 0 Å². The molecule has 0 aromatic carbocycles. The number of hydrogen-bond donors (Lipinski definition) is 1. The summed E-state index contributed by atoms with van der Waals surface area (Å²) < 4.78 is 0. The molecule has 1 aromatic heterocycles. The Balaban J connectivity index is 1.89. The van der Waals surface area contributed by atoms with Crippen LogP contribution in [0, 0.1) is 0 Å². The highest BCUT2D eigenvalue weighted by Gasteiger charge is 2.29. The van der Waals surface area contributed by atoms with E-state index < -0.39 is 0 Å². The van der Waals surface area contributed by atoms with Crippen LogP contribution >= 0.6 is 0 Å². The van der Waals surface area contributed by atoms with E-state index in [-0.39, 0.29) is 5.54 Å². The van der Waals surface area contributed by atoms with Gasteiger partial charge >= 0.3 is 0 Å². The zero-order valence-electron chi connectivity index (χ0n) is 11.1. The van der Waals surface area contributed by atoms with Crippen LogP contribution in [0.2, 0.25) is 0 Å². The van der Waals surface area contributed by atoms with Gasteiger partial charge in [-0.1, -0.05) is 6.07 Å². The van der Waals surface area contributed by atoms with Crippen LogP contribution in [-0.4, -0.2) is 41.1 Å². The number of aromatic nitrogens is 1. The summed E-state index contributed by atoms with van der Waals surface area (Å²) in [6, 6.07) is 4.80. The number of hydrogen-bond acceptors (Lipinski definition) is 3. The Kier molecular flexibility index (Phi) is 3.79. The fraction of sp³-hybridized carbons (Fsp3) is 0.643. The second-order valence-corrected chi connectivity index (χ2v) is 5.70. The molecule has 0 spiro atoms. The van der Waals surface area contributed by atoms with Crippen LogP contribution in [0.25, 0.3) is 0 Å². The Morgan fingerprint density at radius 2 is 2.35 bits per heavy atom. The minimum atomic E-state index is 0.238. The molecule has 1 unspecified atom stereocenters. The maximum Gasteiger partial charge on any atom is 0.0300 e. The third kappa shape index (κ3) is 3.51. The predicted molar refractivity (Wildman–Crippen MR) is 71.1 cm³/mol. The summed E-state index contributed by atoms with van der Waals surface area (Å²) >= 11 is 0. The molecule has 17 heavy (non-hydrogen) atoms. The molecule has 1 fully saturated rings. The second kappa shape index (κ2) is 5.15. The van der Waals surface area contributed by atoms with Crippen molar-refractivity contribution in [1.82, 2.24) is 15.2 Å². The van der Waals surface area contributed by atoms with Crippen LogP contribution in [0.3, 0.4) is 0 Å². The van der Waals surface area contributed by atoms with Crippen LogP contribution in [0.4, 0.5) is 0 Å². The predicted octanol–water partition coefficient (Wildman–Crippen LogP) is 1.70. The standard InChI is InChI=1S/C14H23N3/c1-12-9-16-14(2,3)11-17(12)8-6-13-5-4-7-15-10-13/h4-5,7,10,12,16H,6,8-9,11H2,1-3H3. The van der Waals surface area contributed by atoms with Crippen molar-refractivity contribution in [3.8, 4) is 0 Å². The Labute approximate surface area is 104 Å². The minimum Gasteiger partial charge on any atom is -0.309 e. The van der Waals surface area contributed by atoms with Gasteiger partial charge in [-0.15, -0.1) is 0 Å². The van der Waals surface area contributed by atoms with E-state index in [4.69, 9.17) is 0 Å². The van der Waals surface area contributed by atoms with Gasteiger partial charge in [0, 0.05) is 43.6 Å². The molecule has 1 aromatic rings. The van der Waals surface area contributed by atoms with Gasteiger partial charge in [0.15, 0.2) is 0 Å². The number of nitrogens with one attached hydrogen (secondary N) is 1. The fourth-order valence-corrected chi connectivity index (χ4v) is 2.39. The smallest absolute Gasteiger partial charge is 0.0300 e. The summed E-state index contributed by atoms with van der Waals surface area (Å²) in [5.41, 5.74) is 1.57. The third-order valence-corrected chi connectivity index (χ3v) is 3.51. The molecule has 1 aliphatic heterocycles. The third-order valence-electron chi connectivity index (χ3n) is 3.51. The van der Waals surface area contributed by atoms with Crippen molar-refractivity contribution in [3.05, 3.63) is 30.1 Å². The Morgan fingerprint density at radius 1 is 1.53 bits per heavy atom. The first-order chi connectivity index (χ1) is 8.07. The van der Waals surface area contributed by atoms with E-state index in [0.717, 1.165) is 26.1 Å². The van der Waals surface area contributed by atoms with E-state index >= 15 is 0 Å². The molecule has 0 saturated carbocycles. The first-order valence-corrected chi connectivity index (χ1v) is 6.45. The summed E-state index contributed by atoms with van der Waals surface area (Å²) in [6.45, 7) is 10.2. The van der Waals surface area contributed by atoms with Crippen molar-refractivity contribution < 1.29 is 0 Å². The average molecular weight is 233 g/mol. The lowest BCUT2D eigenvalue weighted by molar-refractivity contribution is 0.106. The van der Waals surface area contributed by atoms with E-state index in [0.29, 0.717) is 6.04 Å². The number of pyridine rings is 1. The number of rotatable bonds is 3. The van der Waals surface area contributed by atoms with E-state index in [2.05, 4.69) is 42.0 Å². The van der Waals surface area contributed by atoms with Crippen molar-refractivity contribution >= 4 is 0 Å². The quantitative estimate of drug-likeness (QED) is 0.861. The normalized spacial score (nSPS) is 24.8. The molecule has 1 saturated heterocycles. The maximum atomic E-state index is 4.17. The molecule has 3 nitrogen and oxygen atoms in total. The summed E-state index contributed by atoms with van der Waals surface area (Å²) in [4.78, 5) is 6.74. The van der Waals surface area contributed by atoms with Crippen LogP contribution in [-0.2, 0) is 6.42 Å². The molecule has 2 rings (SSSR count). The van der Waals surface area contributed by atoms with E-state index in [1.165, 1.54) is 5.56 Å². The summed E-state index contributed by atoms with van der Waals surface area (Å²) in [7, 11) is 0. The molecule has 0 aliphatic carbocycles. The molecule has 3 heteroatoms. The molecule has 1 atom stereocenters. The van der Waals surface area contributed by atoms with Crippen molar-refractivity contribution in [3.63, 3.8) is 0 Å². The van der Waals surface area contributed by atoms with Crippen LogP contribution in [0.5, 0.6) is 0 Å². The highest BCUT2D eigenvalue weighted by molar-refractivity contribution is 5.09. The molecule has 1 aliphatic rings. The summed E-state index contributed by atoms with van der Waals surface area (Å²) in [5, 5.41) is 3.58. The highest BCUT2D eigenvalue weighted by Crippen LogP contribution is 2.15. The molecule has 0 amide bonds. The lowest BCUT2D eigenvalue weighted by atomic mass is 9.99. The molecule has 0 radical (unpaired) electrons.